The quantitative estimate of drug-likeness (QED) is 0.720. The molecule has 0 aliphatic heterocycles. The van der Waals surface area contributed by atoms with E-state index in [1.165, 1.54) is 13.0 Å². The first-order chi connectivity index (χ1) is 11.7. The van der Waals surface area contributed by atoms with Crippen LogP contribution in [0.5, 0.6) is 0 Å². The van der Waals surface area contributed by atoms with Crippen molar-refractivity contribution in [2.75, 3.05) is 11.0 Å². The van der Waals surface area contributed by atoms with Gasteiger partial charge in [0.15, 0.2) is 5.82 Å². The Morgan fingerprint density at radius 3 is 2.40 bits per heavy atom. The van der Waals surface area contributed by atoms with E-state index in [9.17, 15) is 17.6 Å². The van der Waals surface area contributed by atoms with Crippen molar-refractivity contribution in [3.8, 4) is 11.1 Å². The van der Waals surface area contributed by atoms with E-state index >= 15 is 0 Å². The fourth-order valence-electron chi connectivity index (χ4n) is 2.16. The van der Waals surface area contributed by atoms with Gasteiger partial charge in [-0.3, -0.25) is 9.52 Å². The average Bonchev–Trinajstić information content (AvgIpc) is 2.50. The van der Waals surface area contributed by atoms with Crippen LogP contribution in [0.3, 0.4) is 0 Å². The van der Waals surface area contributed by atoms with Gasteiger partial charge in [0.05, 0.1) is 11.9 Å². The number of halogens is 2. The molecule has 0 aromatic heterocycles. The number of benzene rings is 2. The Bertz CT molecular complexity index is 887. The van der Waals surface area contributed by atoms with Gasteiger partial charge in [-0.2, -0.15) is 0 Å². The summed E-state index contributed by atoms with van der Waals surface area (Å²) in [7, 11) is -3.62. The smallest absolute Gasteiger partial charge is 0.229 e. The zero-order chi connectivity index (χ0) is 18.6. The lowest BCUT2D eigenvalue weighted by Gasteiger charge is -2.15. The third-order valence-electron chi connectivity index (χ3n) is 3.10. The molecule has 2 N–H and O–H groups in total. The molecule has 0 spiro atoms. The minimum absolute atomic E-state index is 0.138. The molecular formula is C16H16ClFN2O3S2. The number of carbonyl (C=O) groups is 1. The molecule has 2 rings (SSSR count). The Morgan fingerprint density at radius 2 is 1.84 bits per heavy atom. The van der Waals surface area contributed by atoms with Crippen molar-refractivity contribution in [2.45, 2.75) is 12.7 Å². The second kappa shape index (κ2) is 8.07. The molecule has 0 saturated carbocycles. The third-order valence-corrected chi connectivity index (χ3v) is 4.83. The van der Waals surface area contributed by atoms with Gasteiger partial charge in [-0.1, -0.05) is 29.8 Å². The normalized spacial score (nSPS) is 11.2. The molecule has 0 aliphatic rings. The molecule has 0 radical (unpaired) electrons. The highest BCUT2D eigenvalue weighted by molar-refractivity contribution is 7.97. The van der Waals surface area contributed by atoms with Crippen LogP contribution in [0.15, 0.2) is 36.4 Å². The van der Waals surface area contributed by atoms with Crippen molar-refractivity contribution < 1.29 is 17.6 Å². The van der Waals surface area contributed by atoms with Gasteiger partial charge in [0, 0.05) is 23.3 Å². The van der Waals surface area contributed by atoms with Crippen LogP contribution >= 0.6 is 23.5 Å². The fraction of sp³-hybridized carbons (Fsp3) is 0.188. The molecule has 0 fully saturated rings. The minimum atomic E-state index is -3.62. The summed E-state index contributed by atoms with van der Waals surface area (Å²) >= 11 is 7.00. The van der Waals surface area contributed by atoms with Gasteiger partial charge < -0.3 is 4.72 Å². The second-order valence-corrected chi connectivity index (χ2v) is 8.26. The number of hydrogen-bond donors (Lipinski definition) is 2. The maximum absolute atomic E-state index is 15.0. The van der Waals surface area contributed by atoms with Crippen LogP contribution in [0.4, 0.5) is 10.1 Å². The number of nitrogens with one attached hydrogen (secondary N) is 2. The van der Waals surface area contributed by atoms with E-state index < -0.39 is 15.8 Å². The zero-order valence-corrected chi connectivity index (χ0v) is 15.9. The number of hydrogen-bond acceptors (Lipinski definition) is 4. The van der Waals surface area contributed by atoms with Crippen molar-refractivity contribution in [3.05, 3.63) is 52.8 Å². The summed E-state index contributed by atoms with van der Waals surface area (Å²) in [5.41, 5.74) is 1.28. The Hall–Kier alpha value is -1.77. The van der Waals surface area contributed by atoms with Crippen molar-refractivity contribution in [3.63, 3.8) is 0 Å². The molecular weight excluding hydrogens is 387 g/mol. The second-order valence-electron chi connectivity index (χ2n) is 5.29. The molecule has 0 bridgehead atoms. The average molecular weight is 403 g/mol. The predicted molar refractivity (Wildman–Crippen MR) is 100 cm³/mol. The van der Waals surface area contributed by atoms with Crippen molar-refractivity contribution >= 4 is 45.2 Å². The van der Waals surface area contributed by atoms with Crippen LogP contribution < -0.4 is 9.44 Å². The number of sulfonamides is 1. The molecule has 0 unspecified atom stereocenters. The first-order valence-corrected chi connectivity index (χ1v) is 10.4. The van der Waals surface area contributed by atoms with E-state index in [1.54, 1.807) is 30.3 Å². The summed E-state index contributed by atoms with van der Waals surface area (Å²) in [5, 5.41) is 0.503. The van der Waals surface area contributed by atoms with Gasteiger partial charge in [-0.15, -0.1) is 0 Å². The number of carbonyl (C=O) groups excluding carboxylic acids is 1. The van der Waals surface area contributed by atoms with E-state index in [2.05, 4.69) is 9.44 Å². The summed E-state index contributed by atoms with van der Waals surface area (Å²) < 4.78 is 42.6. The lowest BCUT2D eigenvalue weighted by molar-refractivity contribution is -0.117. The minimum Gasteiger partial charge on any atom is -0.300 e. The van der Waals surface area contributed by atoms with Crippen LogP contribution in [-0.2, 0) is 20.6 Å². The van der Waals surface area contributed by atoms with Crippen molar-refractivity contribution in [1.29, 1.82) is 0 Å². The maximum Gasteiger partial charge on any atom is 0.229 e. The summed E-state index contributed by atoms with van der Waals surface area (Å²) in [6, 6.07) is 9.53. The number of amides is 1. The van der Waals surface area contributed by atoms with Gasteiger partial charge in [0.1, 0.15) is 0 Å². The first-order valence-electron chi connectivity index (χ1n) is 7.11. The van der Waals surface area contributed by atoms with Gasteiger partial charge in [0.25, 0.3) is 0 Å². The molecule has 25 heavy (non-hydrogen) atoms. The Kier molecular flexibility index (Phi) is 6.31. The largest absolute Gasteiger partial charge is 0.300 e. The molecule has 2 aromatic carbocycles. The molecule has 0 aliphatic carbocycles. The summed E-state index contributed by atoms with van der Waals surface area (Å²) in [5.74, 6) is -0.587. The van der Waals surface area contributed by atoms with E-state index in [0.717, 1.165) is 18.2 Å². The Balaban J connectivity index is 2.50. The number of rotatable bonds is 6. The highest BCUT2D eigenvalue weighted by atomic mass is 35.5. The highest BCUT2D eigenvalue weighted by Gasteiger charge is 2.17. The fourth-order valence-corrected chi connectivity index (χ4v) is 3.51. The van der Waals surface area contributed by atoms with E-state index in [1.807, 2.05) is 0 Å². The molecule has 0 heterocycles. The van der Waals surface area contributed by atoms with Crippen LogP contribution in [0.2, 0.25) is 5.02 Å². The summed E-state index contributed by atoms with van der Waals surface area (Å²) in [6.07, 6.45) is 0.953. The molecule has 9 heteroatoms. The van der Waals surface area contributed by atoms with E-state index in [0.29, 0.717) is 21.9 Å². The van der Waals surface area contributed by atoms with Gasteiger partial charge in [0.2, 0.25) is 15.9 Å². The van der Waals surface area contributed by atoms with E-state index in [-0.39, 0.29) is 17.2 Å². The zero-order valence-electron chi connectivity index (χ0n) is 13.5. The van der Waals surface area contributed by atoms with Crippen LogP contribution in [-0.4, -0.2) is 20.6 Å². The Labute approximate surface area is 155 Å². The Morgan fingerprint density at radius 1 is 1.20 bits per heavy atom. The summed E-state index contributed by atoms with van der Waals surface area (Å²) in [4.78, 5) is 11.0. The predicted octanol–water partition coefficient (Wildman–Crippen LogP) is 3.80. The molecule has 1 amide bonds. The monoisotopic (exact) mass is 402 g/mol. The molecule has 0 atom stereocenters. The maximum atomic E-state index is 15.0. The van der Waals surface area contributed by atoms with Gasteiger partial charge in [-0.25, -0.2) is 12.8 Å². The molecule has 134 valence electrons. The number of anilines is 1. The van der Waals surface area contributed by atoms with Gasteiger partial charge in [-0.05, 0) is 41.3 Å². The lowest BCUT2D eigenvalue weighted by Crippen LogP contribution is -2.13. The first kappa shape index (κ1) is 19.6. The highest BCUT2D eigenvalue weighted by Crippen LogP contribution is 2.34. The molecule has 2 aromatic rings. The van der Waals surface area contributed by atoms with Crippen LogP contribution in [0.25, 0.3) is 11.1 Å². The molecule has 0 saturated heterocycles. The van der Waals surface area contributed by atoms with Crippen LogP contribution in [0, 0.1) is 5.82 Å². The summed E-state index contributed by atoms with van der Waals surface area (Å²) in [6.45, 7) is 1.38. The third kappa shape index (κ3) is 5.62. The SMILES string of the molecule is CC(=O)NSCc1ccc(NS(C)(=O)=O)c(F)c1-c1ccc(Cl)cc1. The van der Waals surface area contributed by atoms with Gasteiger partial charge >= 0.3 is 0 Å². The van der Waals surface area contributed by atoms with Crippen molar-refractivity contribution in [1.82, 2.24) is 4.72 Å². The van der Waals surface area contributed by atoms with E-state index in [4.69, 9.17) is 11.6 Å². The standard InChI is InChI=1S/C16H16ClFN2O3S2/c1-10(21)19-24-9-12-5-8-14(20-25(2,22)23)16(18)15(12)11-3-6-13(17)7-4-11/h3-8,20H,9H2,1-2H3,(H,19,21). The molecule has 5 nitrogen and oxygen atoms in total. The topological polar surface area (TPSA) is 75.3 Å². The van der Waals surface area contributed by atoms with Crippen LogP contribution in [0.1, 0.15) is 12.5 Å². The lowest BCUT2D eigenvalue weighted by atomic mass is 9.99. The van der Waals surface area contributed by atoms with Crippen molar-refractivity contribution in [2.24, 2.45) is 0 Å².